The Morgan fingerprint density at radius 3 is 2.34 bits per heavy atom. The number of carbonyl (C=O) groups excluding carboxylic acids is 3. The summed E-state index contributed by atoms with van der Waals surface area (Å²) in [5.74, 6) is -1.75. The Labute approximate surface area is 273 Å². The first kappa shape index (κ1) is 35.6. The molecular weight excluding hydrogens is 663 g/mol. The average molecular weight is 698 g/mol. The highest BCUT2D eigenvalue weighted by Gasteiger charge is 2.41. The lowest BCUT2D eigenvalue weighted by Gasteiger charge is -2.39. The van der Waals surface area contributed by atoms with E-state index in [-0.39, 0.29) is 49.2 Å². The number of sulfonamides is 1. The number of ether oxygens (including phenoxy) is 2. The molecule has 2 N–H and O–H groups in total. The number of aryl methyl sites for hydroxylation is 1. The van der Waals surface area contributed by atoms with E-state index >= 15 is 0 Å². The van der Waals surface area contributed by atoms with Gasteiger partial charge in [-0.3, -0.25) is 14.9 Å². The number of anilines is 1. The summed E-state index contributed by atoms with van der Waals surface area (Å²) in [4.78, 5) is 43.6. The Kier molecular flexibility index (Phi) is 11.8. The van der Waals surface area contributed by atoms with Gasteiger partial charge in [-0.05, 0) is 48.7 Å². The van der Waals surface area contributed by atoms with Crippen LogP contribution in [0.15, 0.2) is 58.8 Å². The van der Waals surface area contributed by atoms with Crippen molar-refractivity contribution in [2.24, 2.45) is 0 Å². The predicted molar refractivity (Wildman–Crippen MR) is 166 cm³/mol. The van der Waals surface area contributed by atoms with E-state index in [0.717, 1.165) is 63.9 Å². The zero-order valence-corrected chi connectivity index (χ0v) is 27.2. The van der Waals surface area contributed by atoms with Crippen LogP contribution in [-0.4, -0.2) is 79.2 Å². The number of alkyl halides is 3. The fourth-order valence-electron chi connectivity index (χ4n) is 4.80. The van der Waals surface area contributed by atoms with Gasteiger partial charge in [0.25, 0.3) is 0 Å². The molecule has 1 fully saturated rings. The molecule has 47 heavy (non-hydrogen) atoms. The molecular formula is C30H34F3N5O7S2. The summed E-state index contributed by atoms with van der Waals surface area (Å²) in [6.07, 6.45) is -3.17. The van der Waals surface area contributed by atoms with Gasteiger partial charge in [0.2, 0.25) is 15.9 Å². The third kappa shape index (κ3) is 9.89. The molecule has 1 aliphatic rings. The van der Waals surface area contributed by atoms with Gasteiger partial charge in [0.05, 0.1) is 23.6 Å². The van der Waals surface area contributed by atoms with E-state index in [4.69, 9.17) is 4.74 Å². The number of carbonyl (C=O) groups is 3. The van der Waals surface area contributed by atoms with Crippen molar-refractivity contribution in [1.82, 2.24) is 19.5 Å². The summed E-state index contributed by atoms with van der Waals surface area (Å²) in [5.41, 5.74) is 2.31. The van der Waals surface area contributed by atoms with Gasteiger partial charge in [0.1, 0.15) is 11.8 Å². The SMILES string of the molecule is CCCc1ccc(CNC(=O)[C@H]2CN(C(=O)Nc3nc(CC(=O)OCC)cs3)CCN2S(=O)(=O)c2ccc(OC(F)(F)F)cc2)cc1. The number of hydrogen-bond acceptors (Lipinski definition) is 9. The molecule has 3 aromatic rings. The third-order valence-electron chi connectivity index (χ3n) is 7.01. The second-order valence-corrected chi connectivity index (χ2v) is 13.2. The van der Waals surface area contributed by atoms with Crippen LogP contribution in [0.5, 0.6) is 5.75 Å². The second kappa shape index (κ2) is 15.6. The van der Waals surface area contributed by atoms with Crippen molar-refractivity contribution in [1.29, 1.82) is 0 Å². The van der Waals surface area contributed by atoms with Crippen molar-refractivity contribution in [2.45, 2.75) is 57.0 Å². The average Bonchev–Trinajstić information content (AvgIpc) is 3.46. The highest BCUT2D eigenvalue weighted by molar-refractivity contribution is 7.89. The number of benzene rings is 2. The van der Waals surface area contributed by atoms with E-state index < -0.39 is 46.1 Å². The molecule has 2 heterocycles. The van der Waals surface area contributed by atoms with Gasteiger partial charge in [-0.15, -0.1) is 24.5 Å². The van der Waals surface area contributed by atoms with Crippen LogP contribution in [0, 0.1) is 0 Å². The van der Waals surface area contributed by atoms with Crippen LogP contribution in [0.1, 0.15) is 37.1 Å². The fourth-order valence-corrected chi connectivity index (χ4v) is 7.07. The summed E-state index contributed by atoms with van der Waals surface area (Å²) in [6.45, 7) is 3.32. The van der Waals surface area contributed by atoms with Crippen LogP contribution in [0.2, 0.25) is 0 Å². The molecule has 17 heteroatoms. The maximum absolute atomic E-state index is 13.7. The largest absolute Gasteiger partial charge is 0.573 e. The number of aromatic nitrogens is 1. The molecule has 1 atom stereocenters. The van der Waals surface area contributed by atoms with E-state index in [2.05, 4.69) is 27.3 Å². The van der Waals surface area contributed by atoms with E-state index in [9.17, 15) is 36.0 Å². The molecule has 1 aromatic heterocycles. The number of halogens is 3. The van der Waals surface area contributed by atoms with Gasteiger partial charge in [-0.2, -0.15) is 4.31 Å². The second-order valence-electron chi connectivity index (χ2n) is 10.4. The van der Waals surface area contributed by atoms with Crippen molar-refractivity contribution in [2.75, 3.05) is 31.6 Å². The highest BCUT2D eigenvalue weighted by atomic mass is 32.2. The first-order valence-corrected chi connectivity index (χ1v) is 17.0. The number of hydrogen-bond donors (Lipinski definition) is 2. The molecule has 0 saturated carbocycles. The van der Waals surface area contributed by atoms with Gasteiger partial charge in [0, 0.05) is 31.6 Å². The molecule has 0 spiro atoms. The molecule has 1 aliphatic heterocycles. The zero-order valence-electron chi connectivity index (χ0n) is 25.6. The van der Waals surface area contributed by atoms with E-state index in [0.29, 0.717) is 5.69 Å². The predicted octanol–water partition coefficient (Wildman–Crippen LogP) is 4.32. The topological polar surface area (TPSA) is 147 Å². The minimum atomic E-state index is -4.96. The summed E-state index contributed by atoms with van der Waals surface area (Å²) >= 11 is 1.08. The van der Waals surface area contributed by atoms with Crippen LogP contribution in [0.4, 0.5) is 23.1 Å². The van der Waals surface area contributed by atoms with E-state index in [1.807, 2.05) is 24.3 Å². The lowest BCUT2D eigenvalue weighted by molar-refractivity contribution is -0.274. The maximum Gasteiger partial charge on any atom is 0.573 e. The number of nitrogens with zero attached hydrogens (tertiary/aromatic N) is 3. The smallest absolute Gasteiger partial charge is 0.466 e. The van der Waals surface area contributed by atoms with Crippen LogP contribution < -0.4 is 15.4 Å². The molecule has 0 bridgehead atoms. The van der Waals surface area contributed by atoms with Crippen molar-refractivity contribution in [3.8, 4) is 5.75 Å². The summed E-state index contributed by atoms with van der Waals surface area (Å²) in [7, 11) is -4.41. The van der Waals surface area contributed by atoms with Crippen molar-refractivity contribution >= 4 is 44.4 Å². The third-order valence-corrected chi connectivity index (χ3v) is 9.74. The van der Waals surface area contributed by atoms with Crippen LogP contribution in [0.3, 0.4) is 0 Å². The normalized spacial score (nSPS) is 15.6. The molecule has 12 nitrogen and oxygen atoms in total. The van der Waals surface area contributed by atoms with Gasteiger partial charge in [-0.1, -0.05) is 37.6 Å². The van der Waals surface area contributed by atoms with E-state index in [1.165, 1.54) is 4.90 Å². The Morgan fingerprint density at radius 1 is 1.02 bits per heavy atom. The minimum absolute atomic E-state index is 0.0797. The van der Waals surface area contributed by atoms with Gasteiger partial charge < -0.3 is 19.7 Å². The highest BCUT2D eigenvalue weighted by Crippen LogP contribution is 2.27. The Morgan fingerprint density at radius 2 is 1.70 bits per heavy atom. The van der Waals surface area contributed by atoms with Gasteiger partial charge in [0.15, 0.2) is 5.13 Å². The molecule has 0 aliphatic carbocycles. The minimum Gasteiger partial charge on any atom is -0.466 e. The van der Waals surface area contributed by atoms with E-state index in [1.54, 1.807) is 12.3 Å². The Balaban J connectivity index is 1.51. The molecule has 0 radical (unpaired) electrons. The van der Waals surface area contributed by atoms with Crippen LogP contribution in [-0.2, 0) is 43.7 Å². The number of piperazine rings is 1. The molecule has 1 saturated heterocycles. The first-order chi connectivity index (χ1) is 22.3. The molecule has 254 valence electrons. The molecule has 2 aromatic carbocycles. The first-order valence-electron chi connectivity index (χ1n) is 14.7. The quantitative estimate of drug-likeness (QED) is 0.266. The monoisotopic (exact) mass is 697 g/mol. The molecule has 3 amide bonds. The standard InChI is InChI=1S/C30H34F3N5O7S2/c1-3-5-20-6-8-21(9-7-20)17-34-27(40)25-18-37(29(41)36-28-35-22(19-46-28)16-26(39)44-4-2)14-15-38(25)47(42,43)24-12-10-23(11-13-24)45-30(31,32)33/h6-13,19,25H,3-5,14-18H2,1-2H3,(H,34,40)(H,35,36,41)/t25-/m1/s1. The molecule has 4 rings (SSSR count). The lowest BCUT2D eigenvalue weighted by Crippen LogP contribution is -2.61. The molecule has 0 unspecified atom stereocenters. The number of rotatable bonds is 12. The maximum atomic E-state index is 13.7. The number of esters is 1. The van der Waals surface area contributed by atoms with Crippen molar-refractivity contribution < 1.29 is 45.4 Å². The Bertz CT molecular complexity index is 1650. The lowest BCUT2D eigenvalue weighted by atomic mass is 10.1. The van der Waals surface area contributed by atoms with Gasteiger partial charge in [-0.25, -0.2) is 18.2 Å². The van der Waals surface area contributed by atoms with Crippen LogP contribution >= 0.6 is 11.3 Å². The number of amides is 3. The number of urea groups is 1. The summed E-state index contributed by atoms with van der Waals surface area (Å²) < 4.78 is 74.9. The summed E-state index contributed by atoms with van der Waals surface area (Å²) in [5, 5.41) is 7.15. The van der Waals surface area contributed by atoms with Crippen molar-refractivity contribution in [3.05, 3.63) is 70.7 Å². The number of thiazole rings is 1. The zero-order chi connectivity index (χ0) is 34.2. The summed E-state index contributed by atoms with van der Waals surface area (Å²) in [6, 6.07) is 9.23. The number of nitrogens with one attached hydrogen (secondary N) is 2. The van der Waals surface area contributed by atoms with Crippen molar-refractivity contribution in [3.63, 3.8) is 0 Å². The Hall–Kier alpha value is -4.22. The fraction of sp³-hybridized carbons (Fsp3) is 0.400. The van der Waals surface area contributed by atoms with Crippen LogP contribution in [0.25, 0.3) is 0 Å². The van der Waals surface area contributed by atoms with Gasteiger partial charge >= 0.3 is 18.4 Å².